The summed E-state index contributed by atoms with van der Waals surface area (Å²) < 4.78 is 11.5. The topological polar surface area (TPSA) is 90.0 Å². The molecular weight excluding hydrogens is 368 g/mol. The quantitative estimate of drug-likeness (QED) is 0.732. The molecule has 0 spiro atoms. The number of allylic oxidation sites excluding steroid dienone is 1. The molecule has 2 aliphatic rings. The standard InChI is InChI=1S/C22H24N4O3/c23-8-2-9-25-18-6-4-16(5-7-18)13-26-14-17-11-24-12-20(21(17)22(26)27)29-15-19-3-1-10-28-19/h2,4-9,11-12,19H,1,3,10,13-15,23H2. The summed E-state index contributed by atoms with van der Waals surface area (Å²) in [6, 6.07) is 7.79. The lowest BCUT2D eigenvalue weighted by Crippen LogP contribution is -2.24. The molecule has 150 valence electrons. The summed E-state index contributed by atoms with van der Waals surface area (Å²) >= 11 is 0. The Morgan fingerprint density at radius 3 is 2.93 bits per heavy atom. The first kappa shape index (κ1) is 19.1. The van der Waals surface area contributed by atoms with Gasteiger partial charge in [0.1, 0.15) is 6.61 Å². The minimum Gasteiger partial charge on any atom is -0.488 e. The van der Waals surface area contributed by atoms with E-state index in [4.69, 9.17) is 15.2 Å². The van der Waals surface area contributed by atoms with E-state index in [1.165, 1.54) is 6.20 Å². The molecule has 1 unspecified atom stereocenters. The maximum absolute atomic E-state index is 13.0. The summed E-state index contributed by atoms with van der Waals surface area (Å²) in [5, 5.41) is 0. The van der Waals surface area contributed by atoms with Gasteiger partial charge in [-0.05, 0) is 42.8 Å². The molecule has 1 amide bonds. The number of ether oxygens (including phenoxy) is 2. The summed E-state index contributed by atoms with van der Waals surface area (Å²) in [5.41, 5.74) is 8.67. The molecule has 0 aliphatic carbocycles. The Morgan fingerprint density at radius 2 is 2.17 bits per heavy atom. The van der Waals surface area contributed by atoms with E-state index >= 15 is 0 Å². The molecule has 0 bridgehead atoms. The second-order valence-electron chi connectivity index (χ2n) is 7.11. The van der Waals surface area contributed by atoms with E-state index in [9.17, 15) is 4.79 Å². The average molecular weight is 392 g/mol. The SMILES string of the molecule is NC=CC=Nc1ccc(CN2Cc3cncc(OCC4CCCO4)c3C2=O)cc1. The lowest BCUT2D eigenvalue weighted by Gasteiger charge is -2.16. The van der Waals surface area contributed by atoms with Crippen molar-refractivity contribution >= 4 is 17.8 Å². The van der Waals surface area contributed by atoms with Crippen molar-refractivity contribution in [2.45, 2.75) is 32.0 Å². The molecule has 1 atom stereocenters. The Kier molecular flexibility index (Phi) is 5.86. The van der Waals surface area contributed by atoms with Gasteiger partial charge in [-0.25, -0.2) is 0 Å². The van der Waals surface area contributed by atoms with E-state index in [-0.39, 0.29) is 12.0 Å². The van der Waals surface area contributed by atoms with Crippen molar-refractivity contribution in [1.82, 2.24) is 9.88 Å². The average Bonchev–Trinajstić information content (AvgIpc) is 3.37. The molecule has 1 saturated heterocycles. The molecule has 2 aromatic rings. The van der Waals surface area contributed by atoms with Gasteiger partial charge < -0.3 is 20.1 Å². The molecule has 1 fully saturated rings. The zero-order chi connectivity index (χ0) is 20.1. The third-order valence-corrected chi connectivity index (χ3v) is 5.03. The van der Waals surface area contributed by atoms with Gasteiger partial charge in [-0.3, -0.25) is 14.8 Å². The van der Waals surface area contributed by atoms with Gasteiger partial charge in [0.05, 0.1) is 23.6 Å². The number of carbonyl (C=O) groups excluding carboxylic acids is 1. The monoisotopic (exact) mass is 392 g/mol. The highest BCUT2D eigenvalue weighted by atomic mass is 16.5. The second-order valence-corrected chi connectivity index (χ2v) is 7.11. The van der Waals surface area contributed by atoms with Crippen LogP contribution in [0.15, 0.2) is 53.9 Å². The van der Waals surface area contributed by atoms with Gasteiger partial charge in [-0.2, -0.15) is 0 Å². The number of aliphatic imine (C=N–C) groups is 1. The van der Waals surface area contributed by atoms with Crippen LogP contribution in [0, 0.1) is 0 Å². The van der Waals surface area contributed by atoms with Gasteiger partial charge >= 0.3 is 0 Å². The molecule has 7 heteroatoms. The third kappa shape index (κ3) is 4.46. The fourth-order valence-electron chi connectivity index (χ4n) is 3.56. The lowest BCUT2D eigenvalue weighted by atomic mass is 10.1. The second kappa shape index (κ2) is 8.87. The minimum atomic E-state index is -0.0279. The van der Waals surface area contributed by atoms with E-state index < -0.39 is 0 Å². The summed E-state index contributed by atoms with van der Waals surface area (Å²) in [7, 11) is 0. The number of hydrogen-bond acceptors (Lipinski definition) is 6. The highest BCUT2D eigenvalue weighted by molar-refractivity contribution is 6.00. The maximum atomic E-state index is 13.0. The molecule has 0 radical (unpaired) electrons. The highest BCUT2D eigenvalue weighted by Crippen LogP contribution is 2.31. The van der Waals surface area contributed by atoms with Gasteiger partial charge in [0.15, 0.2) is 5.75 Å². The number of pyridine rings is 1. The summed E-state index contributed by atoms with van der Waals surface area (Å²) in [5.74, 6) is 0.517. The van der Waals surface area contributed by atoms with Crippen molar-refractivity contribution in [2.75, 3.05) is 13.2 Å². The molecule has 2 N–H and O–H groups in total. The fraction of sp³-hybridized carbons (Fsp3) is 0.318. The predicted molar refractivity (Wildman–Crippen MR) is 110 cm³/mol. The van der Waals surface area contributed by atoms with Gasteiger partial charge in [-0.1, -0.05) is 12.1 Å². The number of amides is 1. The summed E-state index contributed by atoms with van der Waals surface area (Å²) in [4.78, 5) is 23.3. The number of rotatable bonds is 7. The normalized spacial score (nSPS) is 18.8. The third-order valence-electron chi connectivity index (χ3n) is 5.03. The van der Waals surface area contributed by atoms with Crippen LogP contribution in [0.1, 0.15) is 34.3 Å². The summed E-state index contributed by atoms with van der Waals surface area (Å²) in [6.45, 7) is 2.28. The minimum absolute atomic E-state index is 0.0279. The zero-order valence-electron chi connectivity index (χ0n) is 16.2. The molecule has 7 nitrogen and oxygen atoms in total. The molecule has 0 saturated carbocycles. The van der Waals surface area contributed by atoms with Crippen LogP contribution < -0.4 is 10.5 Å². The van der Waals surface area contributed by atoms with Crippen LogP contribution in [-0.4, -0.2) is 41.3 Å². The van der Waals surface area contributed by atoms with Gasteiger partial charge in [-0.15, -0.1) is 0 Å². The smallest absolute Gasteiger partial charge is 0.258 e. The molecular formula is C22H24N4O3. The van der Waals surface area contributed by atoms with Gasteiger partial charge in [0.2, 0.25) is 0 Å². The van der Waals surface area contributed by atoms with Crippen LogP contribution in [0.25, 0.3) is 0 Å². The molecule has 1 aromatic heterocycles. The van der Waals surface area contributed by atoms with Crippen molar-refractivity contribution in [3.63, 3.8) is 0 Å². The lowest BCUT2D eigenvalue weighted by molar-refractivity contribution is 0.0658. The Bertz CT molecular complexity index is 918. The zero-order valence-corrected chi connectivity index (χ0v) is 16.2. The van der Waals surface area contributed by atoms with Gasteiger partial charge in [0.25, 0.3) is 5.91 Å². The molecule has 1 aromatic carbocycles. The largest absolute Gasteiger partial charge is 0.488 e. The number of hydrogen-bond donors (Lipinski definition) is 1. The van der Waals surface area contributed by atoms with Crippen LogP contribution in [0.5, 0.6) is 5.75 Å². The van der Waals surface area contributed by atoms with Crippen LogP contribution in [0.3, 0.4) is 0 Å². The molecule has 2 aliphatic heterocycles. The fourth-order valence-corrected chi connectivity index (χ4v) is 3.56. The number of benzene rings is 1. The van der Waals surface area contributed by atoms with E-state index in [1.807, 2.05) is 24.3 Å². The van der Waals surface area contributed by atoms with E-state index in [2.05, 4.69) is 9.98 Å². The van der Waals surface area contributed by atoms with Crippen LogP contribution in [-0.2, 0) is 17.8 Å². The van der Waals surface area contributed by atoms with Crippen LogP contribution in [0.4, 0.5) is 5.69 Å². The van der Waals surface area contributed by atoms with Crippen molar-refractivity contribution < 1.29 is 14.3 Å². The summed E-state index contributed by atoms with van der Waals surface area (Å²) in [6.07, 6.45) is 10.3. The van der Waals surface area contributed by atoms with Crippen LogP contribution in [0.2, 0.25) is 0 Å². The number of fused-ring (bicyclic) bond motifs is 1. The molecule has 3 heterocycles. The Labute approximate surface area is 169 Å². The highest BCUT2D eigenvalue weighted by Gasteiger charge is 2.31. The van der Waals surface area contributed by atoms with Crippen LogP contribution >= 0.6 is 0 Å². The number of carbonyl (C=O) groups is 1. The first-order chi connectivity index (χ1) is 14.2. The van der Waals surface area contributed by atoms with E-state index in [0.717, 1.165) is 36.3 Å². The van der Waals surface area contributed by atoms with E-state index in [1.54, 1.807) is 29.6 Å². The number of aromatic nitrogens is 1. The number of nitrogens with zero attached hydrogens (tertiary/aromatic N) is 3. The Hall–Kier alpha value is -3.19. The Morgan fingerprint density at radius 1 is 1.31 bits per heavy atom. The van der Waals surface area contributed by atoms with Crippen molar-refractivity contribution in [2.24, 2.45) is 10.7 Å². The van der Waals surface area contributed by atoms with E-state index in [0.29, 0.717) is 31.0 Å². The predicted octanol–water partition coefficient (Wildman–Crippen LogP) is 2.97. The number of nitrogens with two attached hydrogens (primary N) is 1. The van der Waals surface area contributed by atoms with Gasteiger partial charge in [0, 0.05) is 37.7 Å². The maximum Gasteiger partial charge on any atom is 0.258 e. The van der Waals surface area contributed by atoms with Crippen molar-refractivity contribution in [3.8, 4) is 5.75 Å². The first-order valence-electron chi connectivity index (χ1n) is 9.75. The van der Waals surface area contributed by atoms with Crippen molar-refractivity contribution in [1.29, 1.82) is 0 Å². The molecule has 4 rings (SSSR count). The molecule has 29 heavy (non-hydrogen) atoms. The Balaban J connectivity index is 1.42. The van der Waals surface area contributed by atoms with Crippen molar-refractivity contribution in [3.05, 3.63) is 65.6 Å². The first-order valence-corrected chi connectivity index (χ1v) is 9.75.